The molecule has 4 N–H and O–H groups in total. The van der Waals surface area contributed by atoms with Gasteiger partial charge in [0.25, 0.3) is 0 Å². The Bertz CT molecular complexity index is 1090. The van der Waals surface area contributed by atoms with Gasteiger partial charge in [0.1, 0.15) is 6.61 Å². The second-order valence-electron chi connectivity index (χ2n) is 11.4. The van der Waals surface area contributed by atoms with Gasteiger partial charge >= 0.3 is 0 Å². The Kier molecular flexibility index (Phi) is 18.4. The van der Waals surface area contributed by atoms with Crippen LogP contribution in [0.25, 0.3) is 0 Å². The van der Waals surface area contributed by atoms with Crippen LogP contribution in [0, 0.1) is 0 Å². The first-order valence-electron chi connectivity index (χ1n) is 16.1. The summed E-state index contributed by atoms with van der Waals surface area (Å²) in [4.78, 5) is 43.4. The Morgan fingerprint density at radius 3 is 2.09 bits per heavy atom. The number of pyridine rings is 1. The van der Waals surface area contributed by atoms with Crippen molar-refractivity contribution in [2.45, 2.75) is 128 Å². The number of benzene rings is 1. The predicted molar refractivity (Wildman–Crippen MR) is 171 cm³/mol. The molecule has 1 aromatic heterocycles. The first-order valence-corrected chi connectivity index (χ1v) is 16.1. The summed E-state index contributed by atoms with van der Waals surface area (Å²) in [5, 5.41) is 0. The molecule has 236 valence electrons. The first-order chi connectivity index (χ1) is 20.9. The van der Waals surface area contributed by atoms with Gasteiger partial charge in [0.2, 0.25) is 11.8 Å². The molecule has 0 aliphatic heterocycles. The molecule has 0 radical (unpaired) electrons. The maximum atomic E-state index is 13.7. The summed E-state index contributed by atoms with van der Waals surface area (Å²) in [7, 11) is 0. The first kappa shape index (κ1) is 35.7. The SMILES string of the molecule is CCCCCCCCCCCCC[C@@H](CC(N)=O)N(Cc1ccccn1)C(=O)[C@@H](N)CCC(=C=O)OCc1ccccc1. The number of nitrogens with two attached hydrogens (primary N) is 2. The standard InChI is InChI=1S/C35H52N4O4/c1-2-3-4-5-6-7-8-9-10-11-15-21-31(25-34(37)41)39(26-30-20-16-17-24-38-30)35(42)33(36)23-22-32(27-40)43-28-29-18-13-12-14-19-29/h12-14,16-20,24,31,33H,2-11,15,21-23,25-26,28,36H2,1H3,(H2,37,41)/t31-,33-/m0/s1. The van der Waals surface area contributed by atoms with Crippen molar-refractivity contribution < 1.29 is 19.1 Å². The van der Waals surface area contributed by atoms with Gasteiger partial charge in [0.05, 0.1) is 18.3 Å². The highest BCUT2D eigenvalue weighted by molar-refractivity contribution is 5.83. The highest BCUT2D eigenvalue weighted by atomic mass is 16.5. The van der Waals surface area contributed by atoms with E-state index in [-0.39, 0.29) is 50.1 Å². The molecule has 0 aliphatic rings. The molecule has 2 rings (SSSR count). The second-order valence-corrected chi connectivity index (χ2v) is 11.4. The third-order valence-corrected chi connectivity index (χ3v) is 7.73. The summed E-state index contributed by atoms with van der Waals surface area (Å²) in [5.41, 5.74) is 13.7. The van der Waals surface area contributed by atoms with Crippen LogP contribution in [-0.2, 0) is 32.3 Å². The molecule has 0 saturated carbocycles. The molecule has 0 saturated heterocycles. The lowest BCUT2D eigenvalue weighted by Crippen LogP contribution is -2.49. The summed E-state index contributed by atoms with van der Waals surface area (Å²) < 4.78 is 5.63. The average molecular weight is 593 g/mol. The van der Waals surface area contributed by atoms with Crippen molar-refractivity contribution in [3.63, 3.8) is 0 Å². The van der Waals surface area contributed by atoms with E-state index < -0.39 is 11.9 Å². The van der Waals surface area contributed by atoms with E-state index >= 15 is 0 Å². The normalized spacial score (nSPS) is 12.2. The molecule has 2 aromatic rings. The summed E-state index contributed by atoms with van der Waals surface area (Å²) in [6.07, 6.45) is 16.2. The van der Waals surface area contributed by atoms with E-state index in [1.165, 1.54) is 51.4 Å². The highest BCUT2D eigenvalue weighted by Gasteiger charge is 2.29. The van der Waals surface area contributed by atoms with Crippen LogP contribution in [0.2, 0.25) is 0 Å². The fraction of sp³-hybridized carbons (Fsp3) is 0.571. The molecular formula is C35H52N4O4. The zero-order chi connectivity index (χ0) is 31.1. The smallest absolute Gasteiger partial charge is 0.240 e. The van der Waals surface area contributed by atoms with Gasteiger partial charge in [-0.1, -0.05) is 114 Å². The minimum Gasteiger partial charge on any atom is -0.482 e. The molecular weight excluding hydrogens is 540 g/mol. The fourth-order valence-electron chi connectivity index (χ4n) is 5.22. The van der Waals surface area contributed by atoms with E-state index in [4.69, 9.17) is 16.2 Å². The molecule has 0 unspecified atom stereocenters. The van der Waals surface area contributed by atoms with Crippen LogP contribution in [0.1, 0.15) is 114 Å². The molecule has 0 fully saturated rings. The maximum absolute atomic E-state index is 13.7. The summed E-state index contributed by atoms with van der Waals surface area (Å²) in [6, 6.07) is 13.8. The Morgan fingerprint density at radius 1 is 0.884 bits per heavy atom. The van der Waals surface area contributed by atoms with Gasteiger partial charge in [-0.2, -0.15) is 0 Å². The van der Waals surface area contributed by atoms with Gasteiger partial charge in [-0.15, -0.1) is 0 Å². The number of amides is 2. The Balaban J connectivity index is 1.95. The number of primary amides is 1. The molecule has 0 spiro atoms. The average Bonchev–Trinajstić information content (AvgIpc) is 3.02. The van der Waals surface area contributed by atoms with E-state index in [2.05, 4.69) is 11.9 Å². The number of carbonyl (C=O) groups excluding carboxylic acids is 3. The van der Waals surface area contributed by atoms with Gasteiger partial charge in [0, 0.05) is 25.1 Å². The van der Waals surface area contributed by atoms with Gasteiger partial charge in [-0.25, -0.2) is 4.79 Å². The van der Waals surface area contributed by atoms with Gasteiger partial charge in [-0.05, 0) is 30.5 Å². The molecule has 2 amide bonds. The van der Waals surface area contributed by atoms with Crippen molar-refractivity contribution in [2.24, 2.45) is 11.5 Å². The Hall–Kier alpha value is -3.48. The molecule has 43 heavy (non-hydrogen) atoms. The number of ether oxygens (including phenoxy) is 1. The zero-order valence-corrected chi connectivity index (χ0v) is 26.1. The lowest BCUT2D eigenvalue weighted by atomic mass is 9.99. The van der Waals surface area contributed by atoms with E-state index in [0.717, 1.165) is 24.8 Å². The lowest BCUT2D eigenvalue weighted by molar-refractivity contribution is -0.137. The maximum Gasteiger partial charge on any atom is 0.240 e. The van der Waals surface area contributed by atoms with E-state index in [9.17, 15) is 14.4 Å². The molecule has 0 aliphatic carbocycles. The van der Waals surface area contributed by atoms with E-state index in [1.54, 1.807) is 11.1 Å². The Labute approximate surface area is 258 Å². The lowest BCUT2D eigenvalue weighted by Gasteiger charge is -2.33. The minimum absolute atomic E-state index is 0.0583. The van der Waals surface area contributed by atoms with Crippen LogP contribution < -0.4 is 11.5 Å². The summed E-state index contributed by atoms with van der Waals surface area (Å²) in [5.74, 6) is 1.21. The minimum atomic E-state index is -0.889. The van der Waals surface area contributed by atoms with E-state index in [1.807, 2.05) is 54.5 Å². The third kappa shape index (κ3) is 15.5. The van der Waals surface area contributed by atoms with Crippen molar-refractivity contribution >= 4 is 17.8 Å². The van der Waals surface area contributed by atoms with Crippen molar-refractivity contribution in [1.82, 2.24) is 9.88 Å². The van der Waals surface area contributed by atoms with Crippen LogP contribution in [0.15, 0.2) is 60.5 Å². The fourth-order valence-corrected chi connectivity index (χ4v) is 5.22. The largest absolute Gasteiger partial charge is 0.482 e. The number of carbonyl (C=O) groups is 2. The monoisotopic (exact) mass is 592 g/mol. The molecule has 1 heterocycles. The number of unbranched alkanes of at least 4 members (excludes halogenated alkanes) is 10. The van der Waals surface area contributed by atoms with Crippen molar-refractivity contribution in [2.75, 3.05) is 0 Å². The van der Waals surface area contributed by atoms with Crippen molar-refractivity contribution in [3.05, 3.63) is 71.7 Å². The molecule has 0 bridgehead atoms. The number of rotatable bonds is 24. The second kappa shape index (κ2) is 22.1. The quantitative estimate of drug-likeness (QED) is 0.0825. The number of allylic oxidation sites excluding steroid dienone is 1. The third-order valence-electron chi connectivity index (χ3n) is 7.73. The van der Waals surface area contributed by atoms with Crippen LogP contribution in [0.4, 0.5) is 0 Å². The summed E-state index contributed by atoms with van der Waals surface area (Å²) in [6.45, 7) is 2.70. The predicted octanol–water partition coefficient (Wildman–Crippen LogP) is 6.40. The van der Waals surface area contributed by atoms with Crippen molar-refractivity contribution in [1.29, 1.82) is 0 Å². The van der Waals surface area contributed by atoms with Crippen molar-refractivity contribution in [3.8, 4) is 0 Å². The van der Waals surface area contributed by atoms with Crippen LogP contribution in [0.5, 0.6) is 0 Å². The molecule has 8 heteroatoms. The highest BCUT2D eigenvalue weighted by Crippen LogP contribution is 2.20. The van der Waals surface area contributed by atoms with E-state index in [0.29, 0.717) is 12.1 Å². The molecule has 1 aromatic carbocycles. The van der Waals surface area contributed by atoms with Gasteiger partial charge in [0.15, 0.2) is 11.7 Å². The number of hydrogen-bond donors (Lipinski definition) is 2. The van der Waals surface area contributed by atoms with Crippen LogP contribution in [0.3, 0.4) is 0 Å². The van der Waals surface area contributed by atoms with Crippen LogP contribution in [-0.4, -0.2) is 39.7 Å². The topological polar surface area (TPSA) is 129 Å². The van der Waals surface area contributed by atoms with Gasteiger partial charge in [-0.3, -0.25) is 14.6 Å². The molecule has 2 atom stereocenters. The number of aromatic nitrogens is 1. The zero-order valence-electron chi connectivity index (χ0n) is 26.1. The Morgan fingerprint density at radius 2 is 1.51 bits per heavy atom. The number of nitrogens with zero attached hydrogens (tertiary/aromatic N) is 2. The summed E-state index contributed by atoms with van der Waals surface area (Å²) >= 11 is 0. The van der Waals surface area contributed by atoms with Gasteiger partial charge < -0.3 is 21.1 Å². The number of hydrogen-bond acceptors (Lipinski definition) is 6. The molecule has 8 nitrogen and oxygen atoms in total. The van der Waals surface area contributed by atoms with Crippen LogP contribution >= 0.6 is 0 Å².